The van der Waals surface area contributed by atoms with Crippen molar-refractivity contribution in [1.82, 2.24) is 0 Å². The summed E-state index contributed by atoms with van der Waals surface area (Å²) in [4.78, 5) is 11.1. The predicted molar refractivity (Wildman–Crippen MR) is 117 cm³/mol. The zero-order valence-corrected chi connectivity index (χ0v) is 18.5. The molecular weight excluding hydrogens is 332 g/mol. The molecule has 0 heterocycles. The molecule has 3 atom stereocenters. The third kappa shape index (κ3) is 11.6. The van der Waals surface area contributed by atoms with Gasteiger partial charge in [0.25, 0.3) is 0 Å². The molecule has 0 aromatic heterocycles. The minimum absolute atomic E-state index is 0.119. The third-order valence-electron chi connectivity index (χ3n) is 6.62. The molecule has 1 rings (SSSR count). The number of hydrogen-bond donors (Lipinski definition) is 1. The van der Waals surface area contributed by atoms with Crippen molar-refractivity contribution in [1.29, 1.82) is 0 Å². The molecule has 2 heteroatoms. The molecule has 1 aliphatic carbocycles. The van der Waals surface area contributed by atoms with Crippen LogP contribution in [-0.2, 0) is 4.79 Å². The summed E-state index contributed by atoms with van der Waals surface area (Å²) in [5.41, 5.74) is 1.45. The molecule has 1 saturated carbocycles. The van der Waals surface area contributed by atoms with Crippen LogP contribution in [0.25, 0.3) is 0 Å². The number of rotatable bonds is 16. The van der Waals surface area contributed by atoms with Gasteiger partial charge in [-0.15, -0.1) is 0 Å². The van der Waals surface area contributed by atoms with Gasteiger partial charge in [0.2, 0.25) is 0 Å². The van der Waals surface area contributed by atoms with Gasteiger partial charge in [-0.1, -0.05) is 95.6 Å². The molecule has 0 aromatic rings. The van der Waals surface area contributed by atoms with Crippen molar-refractivity contribution in [2.75, 3.05) is 0 Å². The first-order valence-electron chi connectivity index (χ1n) is 11.9. The maximum absolute atomic E-state index is 11.1. The van der Waals surface area contributed by atoms with Crippen LogP contribution in [0.5, 0.6) is 0 Å². The SMILES string of the molecule is CCC(CCCCC[C@H]1CCC[C@@H]1CCCCCCCC=C(C)C)C(=O)O. The molecule has 1 N–H and O–H groups in total. The Balaban J connectivity index is 2.03. The quantitative estimate of drug-likeness (QED) is 0.217. The van der Waals surface area contributed by atoms with Crippen molar-refractivity contribution < 1.29 is 9.90 Å². The van der Waals surface area contributed by atoms with E-state index in [1.165, 1.54) is 89.0 Å². The highest BCUT2D eigenvalue weighted by molar-refractivity contribution is 5.69. The maximum atomic E-state index is 11.1. The van der Waals surface area contributed by atoms with E-state index in [1.54, 1.807) is 0 Å². The average Bonchev–Trinajstić information content (AvgIpc) is 3.07. The van der Waals surface area contributed by atoms with Gasteiger partial charge in [0.05, 0.1) is 5.92 Å². The lowest BCUT2D eigenvalue weighted by molar-refractivity contribution is -0.142. The first-order valence-corrected chi connectivity index (χ1v) is 11.9. The predicted octanol–water partition coefficient (Wildman–Crippen LogP) is 8.16. The summed E-state index contributed by atoms with van der Waals surface area (Å²) >= 11 is 0. The van der Waals surface area contributed by atoms with E-state index in [4.69, 9.17) is 5.11 Å². The second-order valence-electron chi connectivity index (χ2n) is 9.16. The molecule has 0 spiro atoms. The first-order chi connectivity index (χ1) is 13.0. The number of allylic oxidation sites excluding steroid dienone is 2. The van der Waals surface area contributed by atoms with Crippen LogP contribution in [0.3, 0.4) is 0 Å². The lowest BCUT2D eigenvalue weighted by Gasteiger charge is -2.19. The van der Waals surface area contributed by atoms with Crippen LogP contribution in [0.2, 0.25) is 0 Å². The van der Waals surface area contributed by atoms with Gasteiger partial charge in [-0.25, -0.2) is 0 Å². The van der Waals surface area contributed by atoms with Gasteiger partial charge in [0.1, 0.15) is 0 Å². The molecule has 0 amide bonds. The fourth-order valence-electron chi connectivity index (χ4n) is 4.82. The summed E-state index contributed by atoms with van der Waals surface area (Å²) < 4.78 is 0. The molecule has 0 aliphatic heterocycles. The Hall–Kier alpha value is -0.790. The van der Waals surface area contributed by atoms with Gasteiger partial charge in [0, 0.05) is 0 Å². The van der Waals surface area contributed by atoms with Gasteiger partial charge in [0.15, 0.2) is 0 Å². The van der Waals surface area contributed by atoms with Crippen LogP contribution in [0.4, 0.5) is 0 Å². The number of carboxylic acids is 1. The second kappa shape index (κ2) is 15.2. The molecule has 158 valence electrons. The topological polar surface area (TPSA) is 37.3 Å². The normalized spacial score (nSPS) is 20.6. The smallest absolute Gasteiger partial charge is 0.306 e. The number of carboxylic acid groups (broad SMARTS) is 1. The molecule has 1 unspecified atom stereocenters. The zero-order valence-electron chi connectivity index (χ0n) is 18.5. The monoisotopic (exact) mass is 378 g/mol. The summed E-state index contributed by atoms with van der Waals surface area (Å²) in [7, 11) is 0. The Kier molecular flexibility index (Phi) is 13.6. The van der Waals surface area contributed by atoms with E-state index >= 15 is 0 Å². The van der Waals surface area contributed by atoms with Crippen molar-refractivity contribution in [3.8, 4) is 0 Å². The minimum Gasteiger partial charge on any atom is -0.481 e. The Labute approximate surface area is 169 Å². The van der Waals surface area contributed by atoms with Crippen LogP contribution >= 0.6 is 0 Å². The molecule has 0 saturated heterocycles. The van der Waals surface area contributed by atoms with Gasteiger partial charge in [-0.2, -0.15) is 0 Å². The van der Waals surface area contributed by atoms with Crippen LogP contribution < -0.4 is 0 Å². The summed E-state index contributed by atoms with van der Waals surface area (Å²) in [5, 5.41) is 9.12. The molecule has 0 aromatic carbocycles. The third-order valence-corrected chi connectivity index (χ3v) is 6.62. The molecule has 2 nitrogen and oxygen atoms in total. The molecule has 27 heavy (non-hydrogen) atoms. The summed E-state index contributed by atoms with van der Waals surface area (Å²) in [6, 6.07) is 0. The Morgan fingerprint density at radius 1 is 0.926 bits per heavy atom. The highest BCUT2D eigenvalue weighted by Gasteiger charge is 2.26. The Bertz CT molecular complexity index is 409. The molecule has 1 aliphatic rings. The van der Waals surface area contributed by atoms with Gasteiger partial charge in [-0.3, -0.25) is 4.79 Å². The van der Waals surface area contributed by atoms with Crippen molar-refractivity contribution in [2.45, 2.75) is 124 Å². The van der Waals surface area contributed by atoms with Crippen molar-refractivity contribution in [2.24, 2.45) is 17.8 Å². The average molecular weight is 379 g/mol. The van der Waals surface area contributed by atoms with Gasteiger partial charge < -0.3 is 5.11 Å². The fraction of sp³-hybridized carbons (Fsp3) is 0.880. The minimum atomic E-state index is -0.606. The van der Waals surface area contributed by atoms with Gasteiger partial charge >= 0.3 is 5.97 Å². The van der Waals surface area contributed by atoms with E-state index in [0.29, 0.717) is 0 Å². The zero-order chi connectivity index (χ0) is 19.9. The summed E-state index contributed by atoms with van der Waals surface area (Å²) in [6.07, 6.45) is 23.1. The van der Waals surface area contributed by atoms with E-state index in [1.807, 2.05) is 6.92 Å². The Morgan fingerprint density at radius 3 is 2.04 bits per heavy atom. The summed E-state index contributed by atoms with van der Waals surface area (Å²) in [6.45, 7) is 6.37. The van der Waals surface area contributed by atoms with E-state index in [-0.39, 0.29) is 5.92 Å². The van der Waals surface area contributed by atoms with Crippen LogP contribution in [0.15, 0.2) is 11.6 Å². The van der Waals surface area contributed by atoms with Gasteiger partial charge in [-0.05, 0) is 51.4 Å². The van der Waals surface area contributed by atoms with E-state index in [2.05, 4.69) is 19.9 Å². The van der Waals surface area contributed by atoms with Crippen LogP contribution in [0, 0.1) is 17.8 Å². The number of unbranched alkanes of at least 4 members (excludes halogenated alkanes) is 7. The first kappa shape index (κ1) is 24.2. The lowest BCUT2D eigenvalue weighted by atomic mass is 9.86. The maximum Gasteiger partial charge on any atom is 0.306 e. The van der Waals surface area contributed by atoms with E-state index < -0.39 is 5.97 Å². The van der Waals surface area contributed by atoms with Crippen molar-refractivity contribution in [3.63, 3.8) is 0 Å². The number of aliphatic carboxylic acids is 1. The molecular formula is C25H46O2. The van der Waals surface area contributed by atoms with Crippen LogP contribution in [0.1, 0.15) is 124 Å². The lowest BCUT2D eigenvalue weighted by Crippen LogP contribution is -2.12. The highest BCUT2D eigenvalue weighted by atomic mass is 16.4. The standard InChI is InChI=1S/C25H46O2/c1-4-22(25(26)27)16-12-9-13-18-24-20-14-19-23(24)17-11-8-6-5-7-10-15-21(2)3/h15,22-24H,4-14,16-20H2,1-3H3,(H,26,27)/t22?,23-,24-/m0/s1. The molecule has 0 bridgehead atoms. The number of carbonyl (C=O) groups is 1. The molecule has 1 fully saturated rings. The molecule has 0 radical (unpaired) electrons. The second-order valence-corrected chi connectivity index (χ2v) is 9.16. The fourth-order valence-corrected chi connectivity index (χ4v) is 4.82. The Morgan fingerprint density at radius 2 is 1.48 bits per heavy atom. The van der Waals surface area contributed by atoms with Crippen LogP contribution in [-0.4, -0.2) is 11.1 Å². The van der Waals surface area contributed by atoms with Crippen molar-refractivity contribution >= 4 is 5.97 Å². The van der Waals surface area contributed by atoms with Crippen molar-refractivity contribution in [3.05, 3.63) is 11.6 Å². The van der Waals surface area contributed by atoms with E-state index in [9.17, 15) is 4.79 Å². The number of hydrogen-bond acceptors (Lipinski definition) is 1. The van der Waals surface area contributed by atoms with E-state index in [0.717, 1.165) is 31.1 Å². The summed E-state index contributed by atoms with van der Waals surface area (Å²) in [5.74, 6) is 1.22. The largest absolute Gasteiger partial charge is 0.481 e. The highest BCUT2D eigenvalue weighted by Crippen LogP contribution is 2.38.